The van der Waals surface area contributed by atoms with Crippen molar-refractivity contribution < 1.29 is 18.8 Å². The molecule has 0 aromatic rings. The van der Waals surface area contributed by atoms with Crippen LogP contribution in [0.2, 0.25) is 39.3 Å². The van der Waals surface area contributed by atoms with E-state index in [4.69, 9.17) is 8.85 Å². The van der Waals surface area contributed by atoms with Gasteiger partial charge >= 0.3 is 0 Å². The van der Waals surface area contributed by atoms with Gasteiger partial charge < -0.3 is 14.0 Å². The molecule has 1 N–H and O–H groups in total. The largest absolute Gasteiger partial charge is 0.412 e. The molecular formula is C33H60O4Si2. The number of carbonyl (C=O) groups excluding carboxylic acids is 1. The monoisotopic (exact) mass is 576 g/mol. The van der Waals surface area contributed by atoms with E-state index in [0.717, 1.165) is 51.4 Å². The number of rotatable bonds is 9. The first-order chi connectivity index (χ1) is 17.8. The van der Waals surface area contributed by atoms with Gasteiger partial charge in [0, 0.05) is 17.8 Å². The molecule has 4 rings (SSSR count). The standard InChI is InChI=1S/C33H60O4Si2/c1-22(2)28(34)15-12-23(3)25-17-19-33(35)27-14-13-24-20-29(36-38(6,7)8)30(37-39(9,10)11)21-31(24,4)26(27)16-18-32(25,33)5/h14,22-26,29-30,35H,12-13,15-21H2,1-11H3/t23-,24-,25-,26+,29-,30+,31+,32-,33-/m1/s1. The van der Waals surface area contributed by atoms with Gasteiger partial charge in [-0.15, -0.1) is 0 Å². The fourth-order valence-electron chi connectivity index (χ4n) is 9.44. The van der Waals surface area contributed by atoms with Crippen LogP contribution < -0.4 is 0 Å². The third-order valence-electron chi connectivity index (χ3n) is 11.5. The highest BCUT2D eigenvalue weighted by atomic mass is 28.4. The van der Waals surface area contributed by atoms with Gasteiger partial charge in [-0.05, 0) is 125 Å². The van der Waals surface area contributed by atoms with Crippen molar-refractivity contribution in [2.45, 2.75) is 149 Å². The molecule has 0 saturated heterocycles. The Hall–Kier alpha value is -0.276. The minimum atomic E-state index is -1.74. The van der Waals surface area contributed by atoms with E-state index in [1.165, 1.54) is 5.57 Å². The molecule has 4 aliphatic rings. The predicted molar refractivity (Wildman–Crippen MR) is 167 cm³/mol. The van der Waals surface area contributed by atoms with Crippen molar-refractivity contribution in [3.05, 3.63) is 11.6 Å². The third-order valence-corrected chi connectivity index (χ3v) is 13.5. The molecule has 0 heterocycles. The molecule has 0 spiro atoms. The van der Waals surface area contributed by atoms with Crippen molar-refractivity contribution in [3.8, 4) is 0 Å². The van der Waals surface area contributed by atoms with E-state index in [2.05, 4.69) is 66.1 Å². The Labute approximate surface area is 242 Å². The Bertz CT molecular complexity index is 948. The second-order valence-corrected chi connectivity index (χ2v) is 25.6. The van der Waals surface area contributed by atoms with Gasteiger partial charge in [0.1, 0.15) is 5.78 Å². The Morgan fingerprint density at radius 1 is 1.00 bits per heavy atom. The first kappa shape index (κ1) is 31.7. The van der Waals surface area contributed by atoms with Crippen LogP contribution in [0.4, 0.5) is 0 Å². The van der Waals surface area contributed by atoms with E-state index in [1.807, 2.05) is 13.8 Å². The number of ketones is 1. The van der Waals surface area contributed by atoms with Crippen LogP contribution in [0.1, 0.15) is 92.4 Å². The summed E-state index contributed by atoms with van der Waals surface area (Å²) in [6.45, 7) is 25.1. The molecule has 0 unspecified atom stereocenters. The fraction of sp³-hybridized carbons (Fsp3) is 0.909. The SMILES string of the molecule is CC(C)C(=O)CC[C@@H](C)[C@H]1CC[C@@]2(O)C3=CC[C@@H]4C[C@@H](O[Si](C)(C)C)[C@@H](O[Si](C)(C)C)C[C@]4(C)[C@H]3CC[C@]12C. The highest BCUT2D eigenvalue weighted by Crippen LogP contribution is 2.68. The zero-order chi connectivity index (χ0) is 29.2. The van der Waals surface area contributed by atoms with Gasteiger partial charge in [0.2, 0.25) is 0 Å². The molecule has 6 heteroatoms. The van der Waals surface area contributed by atoms with Gasteiger partial charge in [0.25, 0.3) is 0 Å². The first-order valence-corrected chi connectivity index (χ1v) is 22.9. The Morgan fingerprint density at radius 2 is 1.62 bits per heavy atom. The number of carbonyl (C=O) groups is 1. The van der Waals surface area contributed by atoms with E-state index in [9.17, 15) is 9.90 Å². The maximum absolute atomic E-state index is 12.6. The summed E-state index contributed by atoms with van der Waals surface area (Å²) in [4.78, 5) is 12.4. The number of allylic oxidation sites excluding steroid dienone is 1. The smallest absolute Gasteiger partial charge is 0.184 e. The van der Waals surface area contributed by atoms with E-state index in [0.29, 0.717) is 35.9 Å². The van der Waals surface area contributed by atoms with E-state index < -0.39 is 22.2 Å². The second kappa shape index (κ2) is 10.8. The molecule has 0 amide bonds. The number of Topliss-reactive ketones (excluding diaryl/α,β-unsaturated/α-hetero) is 1. The third kappa shape index (κ3) is 5.98. The summed E-state index contributed by atoms with van der Waals surface area (Å²) in [7, 11) is -3.44. The number of aliphatic hydroxyl groups is 1. The fourth-order valence-corrected chi connectivity index (χ4v) is 11.7. The summed E-state index contributed by atoms with van der Waals surface area (Å²) in [6, 6.07) is 0. The van der Waals surface area contributed by atoms with Crippen molar-refractivity contribution >= 4 is 22.4 Å². The quantitative estimate of drug-likeness (QED) is 0.221. The minimum absolute atomic E-state index is 0.106. The van der Waals surface area contributed by atoms with Gasteiger partial charge in [-0.2, -0.15) is 0 Å². The zero-order valence-electron chi connectivity index (χ0n) is 27.2. The highest BCUT2D eigenvalue weighted by Gasteiger charge is 2.66. The summed E-state index contributed by atoms with van der Waals surface area (Å²) >= 11 is 0. The van der Waals surface area contributed by atoms with Crippen LogP contribution in [0.5, 0.6) is 0 Å². The number of fused-ring (bicyclic) bond motifs is 5. The van der Waals surface area contributed by atoms with Crippen LogP contribution in [-0.2, 0) is 13.6 Å². The molecule has 9 atom stereocenters. The molecular weight excluding hydrogens is 517 g/mol. The van der Waals surface area contributed by atoms with Crippen LogP contribution in [-0.4, -0.2) is 45.3 Å². The van der Waals surface area contributed by atoms with Crippen molar-refractivity contribution in [2.24, 2.45) is 40.4 Å². The maximum atomic E-state index is 12.6. The van der Waals surface area contributed by atoms with Gasteiger partial charge in [-0.3, -0.25) is 4.79 Å². The number of hydrogen-bond donors (Lipinski definition) is 1. The van der Waals surface area contributed by atoms with Crippen LogP contribution >= 0.6 is 0 Å². The van der Waals surface area contributed by atoms with E-state index >= 15 is 0 Å². The van der Waals surface area contributed by atoms with E-state index in [1.54, 1.807) is 0 Å². The average molecular weight is 577 g/mol. The molecule has 224 valence electrons. The van der Waals surface area contributed by atoms with Gasteiger partial charge in [0.05, 0.1) is 17.8 Å². The van der Waals surface area contributed by atoms with Crippen molar-refractivity contribution in [1.82, 2.24) is 0 Å². The Balaban J connectivity index is 1.59. The molecule has 0 radical (unpaired) electrons. The summed E-state index contributed by atoms with van der Waals surface area (Å²) in [5, 5.41) is 12.6. The highest BCUT2D eigenvalue weighted by molar-refractivity contribution is 6.70. The number of hydrogen-bond acceptors (Lipinski definition) is 4. The first-order valence-electron chi connectivity index (χ1n) is 16.1. The van der Waals surface area contributed by atoms with Crippen molar-refractivity contribution in [1.29, 1.82) is 0 Å². The molecule has 0 bridgehead atoms. The van der Waals surface area contributed by atoms with Gasteiger partial charge in [-0.1, -0.05) is 40.7 Å². The normalized spacial score (nSPS) is 41.5. The molecule has 0 aliphatic heterocycles. The Morgan fingerprint density at radius 3 is 2.21 bits per heavy atom. The lowest BCUT2D eigenvalue weighted by atomic mass is 9.46. The average Bonchev–Trinajstić information content (AvgIpc) is 3.07. The molecule has 0 aromatic carbocycles. The second-order valence-electron chi connectivity index (χ2n) is 16.7. The van der Waals surface area contributed by atoms with Gasteiger partial charge in [-0.25, -0.2) is 0 Å². The molecule has 39 heavy (non-hydrogen) atoms. The zero-order valence-corrected chi connectivity index (χ0v) is 29.2. The van der Waals surface area contributed by atoms with Crippen LogP contribution in [0.25, 0.3) is 0 Å². The lowest BCUT2D eigenvalue weighted by molar-refractivity contribution is -0.131. The van der Waals surface area contributed by atoms with Gasteiger partial charge in [0.15, 0.2) is 16.6 Å². The Kier molecular flexibility index (Phi) is 8.74. The van der Waals surface area contributed by atoms with Crippen molar-refractivity contribution in [3.63, 3.8) is 0 Å². The van der Waals surface area contributed by atoms with Crippen LogP contribution in [0.3, 0.4) is 0 Å². The maximum Gasteiger partial charge on any atom is 0.184 e. The van der Waals surface area contributed by atoms with Crippen LogP contribution in [0, 0.1) is 40.4 Å². The minimum Gasteiger partial charge on any atom is -0.412 e. The molecule has 3 fully saturated rings. The van der Waals surface area contributed by atoms with E-state index in [-0.39, 0.29) is 29.0 Å². The summed E-state index contributed by atoms with van der Waals surface area (Å²) < 4.78 is 13.7. The van der Waals surface area contributed by atoms with Crippen LogP contribution in [0.15, 0.2) is 11.6 Å². The molecule has 0 aromatic heterocycles. The summed E-state index contributed by atoms with van der Waals surface area (Å²) in [5.41, 5.74) is 0.675. The summed E-state index contributed by atoms with van der Waals surface area (Å²) in [6.07, 6.45) is 11.8. The summed E-state index contributed by atoms with van der Waals surface area (Å²) in [5.74, 6) is 2.43. The molecule has 4 aliphatic carbocycles. The lowest BCUT2D eigenvalue weighted by Gasteiger charge is -2.62. The predicted octanol–water partition coefficient (Wildman–Crippen LogP) is 8.37. The lowest BCUT2D eigenvalue weighted by Crippen LogP contribution is -2.60. The molecule has 3 saturated carbocycles. The molecule has 4 nitrogen and oxygen atoms in total. The topological polar surface area (TPSA) is 55.8 Å². The van der Waals surface area contributed by atoms with Crippen molar-refractivity contribution in [2.75, 3.05) is 0 Å².